The number of hydrogen-bond donors (Lipinski definition) is 2. The first-order valence-electron chi connectivity index (χ1n) is 5.77. The molecule has 0 radical (unpaired) electrons. The lowest BCUT2D eigenvalue weighted by molar-refractivity contribution is 0.0697. The number of nitrogens with one attached hydrogen (secondary N) is 1. The highest BCUT2D eigenvalue weighted by Gasteiger charge is 2.02. The fraction of sp³-hybridized carbons (Fsp3) is 0.143. The molecule has 0 unspecified atom stereocenters. The molecule has 0 fully saturated rings. The van der Waals surface area contributed by atoms with E-state index in [9.17, 15) is 4.79 Å². The van der Waals surface area contributed by atoms with Crippen LogP contribution >= 0.6 is 11.3 Å². The zero-order valence-electron chi connectivity index (χ0n) is 10.7. The van der Waals surface area contributed by atoms with Crippen LogP contribution in [0.3, 0.4) is 0 Å². The van der Waals surface area contributed by atoms with Crippen molar-refractivity contribution in [3.8, 4) is 0 Å². The lowest BCUT2D eigenvalue weighted by Crippen LogP contribution is -1.99. The zero-order valence-corrected chi connectivity index (χ0v) is 11.5. The van der Waals surface area contributed by atoms with E-state index in [1.54, 1.807) is 35.6 Å². The number of aromatic carboxylic acids is 1. The summed E-state index contributed by atoms with van der Waals surface area (Å²) in [4.78, 5) is 13.1. The van der Waals surface area contributed by atoms with E-state index in [4.69, 9.17) is 5.11 Å². The van der Waals surface area contributed by atoms with Crippen LogP contribution in [0.25, 0.3) is 0 Å². The molecule has 19 heavy (non-hydrogen) atoms. The van der Waals surface area contributed by atoms with Crippen LogP contribution in [0.5, 0.6) is 0 Å². The van der Waals surface area contributed by atoms with E-state index in [2.05, 4.69) is 23.5 Å². The van der Waals surface area contributed by atoms with E-state index >= 15 is 0 Å². The molecule has 0 saturated heterocycles. The Bertz CT molecular complexity index is 615. The average Bonchev–Trinajstić information content (AvgIpc) is 2.83. The van der Waals surface area contributed by atoms with Gasteiger partial charge in [-0.15, -0.1) is 11.3 Å². The van der Waals surface area contributed by atoms with Gasteiger partial charge in [0.05, 0.1) is 21.8 Å². The molecule has 0 atom stereocenters. The highest BCUT2D eigenvalue weighted by atomic mass is 32.1. The van der Waals surface area contributed by atoms with Crippen LogP contribution in [-0.4, -0.2) is 16.8 Å². The SMILES string of the molecule is C/C(=N/Nc1ccc(C(=O)O)cc1)c1ccc(C)s1. The summed E-state index contributed by atoms with van der Waals surface area (Å²) in [6.45, 7) is 3.99. The van der Waals surface area contributed by atoms with Crippen molar-refractivity contribution in [3.05, 3.63) is 51.7 Å². The molecule has 4 nitrogen and oxygen atoms in total. The topological polar surface area (TPSA) is 61.7 Å². The van der Waals surface area contributed by atoms with Gasteiger partial charge in [-0.05, 0) is 50.2 Å². The fourth-order valence-electron chi connectivity index (χ4n) is 1.52. The summed E-state index contributed by atoms with van der Waals surface area (Å²) in [5.74, 6) is -0.930. The molecule has 0 bridgehead atoms. The second kappa shape index (κ2) is 5.67. The first-order valence-corrected chi connectivity index (χ1v) is 6.58. The van der Waals surface area contributed by atoms with E-state index in [-0.39, 0.29) is 5.56 Å². The third-order valence-corrected chi connectivity index (χ3v) is 3.69. The maximum atomic E-state index is 10.7. The van der Waals surface area contributed by atoms with E-state index in [1.165, 1.54) is 4.88 Å². The molecule has 2 N–H and O–H groups in total. The zero-order chi connectivity index (χ0) is 13.8. The van der Waals surface area contributed by atoms with Crippen molar-refractivity contribution in [2.24, 2.45) is 5.10 Å². The Morgan fingerprint density at radius 1 is 1.21 bits per heavy atom. The fourth-order valence-corrected chi connectivity index (χ4v) is 2.33. The second-order valence-electron chi connectivity index (χ2n) is 4.10. The summed E-state index contributed by atoms with van der Waals surface area (Å²) in [6, 6.07) is 10.6. The number of hydrogen-bond acceptors (Lipinski definition) is 4. The first kappa shape index (κ1) is 13.3. The van der Waals surface area contributed by atoms with Gasteiger partial charge in [-0.25, -0.2) is 4.79 Å². The first-order chi connectivity index (χ1) is 9.06. The van der Waals surface area contributed by atoms with Gasteiger partial charge in [-0.3, -0.25) is 5.43 Å². The third-order valence-electron chi connectivity index (χ3n) is 2.58. The van der Waals surface area contributed by atoms with Gasteiger partial charge in [0.15, 0.2) is 0 Å². The molecular weight excluding hydrogens is 260 g/mol. The van der Waals surface area contributed by atoms with Gasteiger partial charge < -0.3 is 5.11 Å². The minimum Gasteiger partial charge on any atom is -0.478 e. The summed E-state index contributed by atoms with van der Waals surface area (Å²) in [5.41, 5.74) is 4.85. The Kier molecular flexibility index (Phi) is 3.97. The molecule has 1 aromatic carbocycles. The second-order valence-corrected chi connectivity index (χ2v) is 5.39. The van der Waals surface area contributed by atoms with E-state index in [0.29, 0.717) is 0 Å². The van der Waals surface area contributed by atoms with Crippen LogP contribution in [0, 0.1) is 6.92 Å². The summed E-state index contributed by atoms with van der Waals surface area (Å²) >= 11 is 1.69. The van der Waals surface area contributed by atoms with E-state index < -0.39 is 5.97 Å². The van der Waals surface area contributed by atoms with Gasteiger partial charge >= 0.3 is 5.97 Å². The van der Waals surface area contributed by atoms with Crippen molar-refractivity contribution in [2.45, 2.75) is 13.8 Å². The minimum atomic E-state index is -0.930. The normalized spacial score (nSPS) is 11.4. The largest absolute Gasteiger partial charge is 0.478 e. The average molecular weight is 274 g/mol. The molecule has 0 amide bonds. The number of anilines is 1. The molecule has 5 heteroatoms. The van der Waals surface area contributed by atoms with Crippen molar-refractivity contribution in [1.29, 1.82) is 0 Å². The van der Waals surface area contributed by atoms with E-state index in [1.807, 2.05) is 13.0 Å². The predicted molar refractivity (Wildman–Crippen MR) is 78.3 cm³/mol. The van der Waals surface area contributed by atoms with Gasteiger partial charge in [0.2, 0.25) is 0 Å². The van der Waals surface area contributed by atoms with Crippen molar-refractivity contribution in [3.63, 3.8) is 0 Å². The maximum absolute atomic E-state index is 10.7. The van der Waals surface area contributed by atoms with Gasteiger partial charge in [0, 0.05) is 4.88 Å². The number of rotatable bonds is 4. The third kappa shape index (κ3) is 3.42. The van der Waals surface area contributed by atoms with Gasteiger partial charge in [0.25, 0.3) is 0 Å². The lowest BCUT2D eigenvalue weighted by Gasteiger charge is -2.02. The Morgan fingerprint density at radius 2 is 1.89 bits per heavy atom. The molecule has 0 aliphatic heterocycles. The number of thiophene rings is 1. The Hall–Kier alpha value is -2.14. The monoisotopic (exact) mass is 274 g/mol. The summed E-state index contributed by atoms with van der Waals surface area (Å²) in [7, 11) is 0. The number of carbonyl (C=O) groups is 1. The molecule has 1 aromatic heterocycles. The Labute approximate surface area is 115 Å². The minimum absolute atomic E-state index is 0.264. The van der Waals surface area contributed by atoms with Gasteiger partial charge in [-0.2, -0.15) is 5.10 Å². The van der Waals surface area contributed by atoms with Gasteiger partial charge in [-0.1, -0.05) is 0 Å². The smallest absolute Gasteiger partial charge is 0.335 e. The van der Waals surface area contributed by atoms with Crippen molar-refractivity contribution in [2.75, 3.05) is 5.43 Å². The van der Waals surface area contributed by atoms with E-state index in [0.717, 1.165) is 16.3 Å². The molecule has 1 heterocycles. The van der Waals surface area contributed by atoms with Crippen molar-refractivity contribution in [1.82, 2.24) is 0 Å². The lowest BCUT2D eigenvalue weighted by atomic mass is 10.2. The molecule has 2 rings (SSSR count). The van der Waals surface area contributed by atoms with Crippen LogP contribution in [0.2, 0.25) is 0 Å². The quantitative estimate of drug-likeness (QED) is 0.661. The van der Waals surface area contributed by atoms with Crippen LogP contribution in [0.1, 0.15) is 27.0 Å². The van der Waals surface area contributed by atoms with Crippen molar-refractivity contribution < 1.29 is 9.90 Å². The highest BCUT2D eigenvalue weighted by molar-refractivity contribution is 7.14. The number of hydrazone groups is 1. The maximum Gasteiger partial charge on any atom is 0.335 e. The Morgan fingerprint density at radius 3 is 2.42 bits per heavy atom. The molecular formula is C14H14N2O2S. The number of nitrogens with zero attached hydrogens (tertiary/aromatic N) is 1. The highest BCUT2D eigenvalue weighted by Crippen LogP contribution is 2.16. The molecule has 0 aliphatic carbocycles. The molecule has 0 aliphatic rings. The van der Waals surface area contributed by atoms with Crippen LogP contribution in [0.15, 0.2) is 41.5 Å². The van der Waals surface area contributed by atoms with Crippen molar-refractivity contribution >= 4 is 28.7 Å². The molecule has 0 spiro atoms. The van der Waals surface area contributed by atoms with Crippen LogP contribution in [-0.2, 0) is 0 Å². The molecule has 0 saturated carbocycles. The summed E-state index contributed by atoms with van der Waals surface area (Å²) < 4.78 is 0. The molecule has 2 aromatic rings. The molecule has 98 valence electrons. The number of carboxylic acids is 1. The summed E-state index contributed by atoms with van der Waals surface area (Å²) in [5, 5.41) is 13.1. The van der Waals surface area contributed by atoms with Crippen LogP contribution in [0.4, 0.5) is 5.69 Å². The predicted octanol–water partition coefficient (Wildman–Crippen LogP) is 3.59. The number of aryl methyl sites for hydroxylation is 1. The van der Waals surface area contributed by atoms with Gasteiger partial charge in [0.1, 0.15) is 0 Å². The standard InChI is InChI=1S/C14H14N2O2S/c1-9-3-8-13(19-9)10(2)15-16-12-6-4-11(5-7-12)14(17)18/h3-8,16H,1-2H3,(H,17,18)/b15-10-. The number of carboxylic acid groups (broad SMARTS) is 1. The Balaban J connectivity index is 2.07. The number of benzene rings is 1. The van der Waals surface area contributed by atoms with Crippen LogP contribution < -0.4 is 5.43 Å². The summed E-state index contributed by atoms with van der Waals surface area (Å²) in [6.07, 6.45) is 0.